The van der Waals surface area contributed by atoms with E-state index in [0.29, 0.717) is 30.3 Å². The number of nitrogens with one attached hydrogen (secondary N) is 1. The number of halogens is 1. The molecule has 1 N–H and O–H groups in total. The molecule has 2 aromatic carbocycles. The second-order valence-electron chi connectivity index (χ2n) is 8.91. The van der Waals surface area contributed by atoms with E-state index in [2.05, 4.69) is 16.0 Å². The number of benzene rings is 2. The van der Waals surface area contributed by atoms with E-state index < -0.39 is 0 Å². The molecule has 5 rings (SSSR count). The van der Waals surface area contributed by atoms with Crippen LogP contribution in [0, 0.1) is 12.7 Å². The van der Waals surface area contributed by atoms with Crippen LogP contribution in [0.2, 0.25) is 0 Å². The number of carbonyl (C=O) groups is 1. The molecule has 0 radical (unpaired) electrons. The first-order valence-corrected chi connectivity index (χ1v) is 11.7. The van der Waals surface area contributed by atoms with E-state index in [0.717, 1.165) is 55.2 Å². The minimum Gasteiger partial charge on any atom is -0.440 e. The minimum atomic E-state index is -0.346. The lowest BCUT2D eigenvalue weighted by atomic mass is 9.95. The Morgan fingerprint density at radius 1 is 1.06 bits per heavy atom. The van der Waals surface area contributed by atoms with Gasteiger partial charge >= 0.3 is 0 Å². The van der Waals surface area contributed by atoms with Crippen LogP contribution in [0.4, 0.5) is 4.39 Å². The average Bonchev–Trinajstić information content (AvgIpc) is 3.15. The molecular formula is C26H30FN3O2. The predicted molar refractivity (Wildman–Crippen MR) is 124 cm³/mol. The van der Waals surface area contributed by atoms with Crippen molar-refractivity contribution in [3.8, 4) is 11.6 Å². The fourth-order valence-electron chi connectivity index (χ4n) is 5.06. The number of hydrogen-bond donors (Lipinski definition) is 1. The van der Waals surface area contributed by atoms with Crippen molar-refractivity contribution in [2.24, 2.45) is 0 Å². The highest BCUT2D eigenvalue weighted by atomic mass is 19.1. The molecule has 0 spiro atoms. The molecule has 1 saturated carbocycles. The number of para-hydroxylation sites is 1. The van der Waals surface area contributed by atoms with Gasteiger partial charge in [-0.05, 0) is 37.5 Å². The van der Waals surface area contributed by atoms with E-state index in [1.54, 1.807) is 6.07 Å². The molecule has 1 amide bonds. The first kappa shape index (κ1) is 21.0. The van der Waals surface area contributed by atoms with Crippen LogP contribution in [-0.2, 0) is 0 Å². The Labute approximate surface area is 188 Å². The van der Waals surface area contributed by atoms with Gasteiger partial charge in [0.2, 0.25) is 5.88 Å². The number of rotatable bonds is 4. The van der Waals surface area contributed by atoms with E-state index in [-0.39, 0.29) is 17.8 Å². The van der Waals surface area contributed by atoms with Crippen LogP contribution >= 0.6 is 0 Å². The van der Waals surface area contributed by atoms with E-state index in [1.807, 2.05) is 30.0 Å². The topological polar surface area (TPSA) is 46.5 Å². The highest BCUT2D eigenvalue weighted by Gasteiger charge is 2.32. The molecule has 2 heterocycles. The second kappa shape index (κ2) is 8.94. The summed E-state index contributed by atoms with van der Waals surface area (Å²) in [5.41, 5.74) is 2.45. The Hall–Kier alpha value is -2.86. The molecule has 1 saturated heterocycles. The lowest BCUT2D eigenvalue weighted by Gasteiger charge is -2.29. The SMILES string of the molecule is Cc1ccc(F)cc1Oc1c(C(=O)N2CCNCC2)c2ccccc2n1C1CCCCC1. The van der Waals surface area contributed by atoms with Gasteiger partial charge < -0.3 is 19.5 Å². The molecule has 1 aliphatic carbocycles. The van der Waals surface area contributed by atoms with Crippen molar-refractivity contribution in [1.82, 2.24) is 14.8 Å². The third kappa shape index (κ3) is 3.88. The number of aryl methyl sites for hydroxylation is 1. The van der Waals surface area contributed by atoms with Crippen molar-refractivity contribution in [3.05, 3.63) is 59.4 Å². The van der Waals surface area contributed by atoms with E-state index in [9.17, 15) is 9.18 Å². The van der Waals surface area contributed by atoms with E-state index in [4.69, 9.17) is 4.74 Å². The van der Waals surface area contributed by atoms with Crippen molar-refractivity contribution < 1.29 is 13.9 Å². The van der Waals surface area contributed by atoms with Gasteiger partial charge in [0, 0.05) is 43.7 Å². The molecule has 6 heteroatoms. The quantitative estimate of drug-likeness (QED) is 0.594. The lowest BCUT2D eigenvalue weighted by molar-refractivity contribution is 0.0734. The number of nitrogens with zero attached hydrogens (tertiary/aromatic N) is 2. The van der Waals surface area contributed by atoms with Crippen LogP contribution in [0.3, 0.4) is 0 Å². The highest BCUT2D eigenvalue weighted by molar-refractivity contribution is 6.10. The summed E-state index contributed by atoms with van der Waals surface area (Å²) in [5, 5.41) is 4.22. The maximum atomic E-state index is 14.1. The monoisotopic (exact) mass is 435 g/mol. The number of carbonyl (C=O) groups excluding carboxylic acids is 1. The van der Waals surface area contributed by atoms with Gasteiger partial charge in [-0.15, -0.1) is 0 Å². The maximum absolute atomic E-state index is 14.1. The van der Waals surface area contributed by atoms with Crippen LogP contribution in [0.15, 0.2) is 42.5 Å². The van der Waals surface area contributed by atoms with E-state index in [1.165, 1.54) is 18.6 Å². The zero-order valence-corrected chi connectivity index (χ0v) is 18.6. The normalized spacial score (nSPS) is 17.6. The smallest absolute Gasteiger partial charge is 0.260 e. The number of piperazine rings is 1. The second-order valence-corrected chi connectivity index (χ2v) is 8.91. The zero-order valence-electron chi connectivity index (χ0n) is 18.6. The van der Waals surface area contributed by atoms with Gasteiger partial charge in [-0.3, -0.25) is 4.79 Å². The van der Waals surface area contributed by atoms with Crippen LogP contribution in [0.25, 0.3) is 10.9 Å². The minimum absolute atomic E-state index is 0.0127. The summed E-state index contributed by atoms with van der Waals surface area (Å²) in [4.78, 5) is 15.7. The third-order valence-electron chi connectivity index (χ3n) is 6.78. The Morgan fingerprint density at radius 2 is 1.81 bits per heavy atom. The zero-order chi connectivity index (χ0) is 22.1. The van der Waals surface area contributed by atoms with Crippen LogP contribution in [0.1, 0.15) is 54.1 Å². The molecule has 2 aliphatic rings. The molecule has 0 unspecified atom stereocenters. The van der Waals surface area contributed by atoms with Gasteiger partial charge in [0.15, 0.2) is 0 Å². The van der Waals surface area contributed by atoms with Gasteiger partial charge in [-0.1, -0.05) is 43.5 Å². The van der Waals surface area contributed by atoms with Gasteiger partial charge in [0.25, 0.3) is 5.91 Å². The molecule has 32 heavy (non-hydrogen) atoms. The number of hydrogen-bond acceptors (Lipinski definition) is 3. The molecule has 1 aromatic heterocycles. The maximum Gasteiger partial charge on any atom is 0.260 e. The summed E-state index contributed by atoms with van der Waals surface area (Å²) < 4.78 is 22.8. The largest absolute Gasteiger partial charge is 0.440 e. The predicted octanol–water partition coefficient (Wildman–Crippen LogP) is 5.43. The molecule has 0 bridgehead atoms. The summed E-state index contributed by atoms with van der Waals surface area (Å²) in [6, 6.07) is 12.9. The Bertz CT molecular complexity index is 1130. The first-order valence-electron chi connectivity index (χ1n) is 11.7. The summed E-state index contributed by atoms with van der Waals surface area (Å²) in [5.74, 6) is 0.650. The first-order chi connectivity index (χ1) is 15.6. The van der Waals surface area contributed by atoms with Gasteiger partial charge in [-0.2, -0.15) is 0 Å². The van der Waals surface area contributed by atoms with Crippen LogP contribution in [0.5, 0.6) is 11.6 Å². The van der Waals surface area contributed by atoms with Crippen LogP contribution < -0.4 is 10.1 Å². The van der Waals surface area contributed by atoms with Crippen molar-refractivity contribution in [3.63, 3.8) is 0 Å². The fourth-order valence-corrected chi connectivity index (χ4v) is 5.06. The van der Waals surface area contributed by atoms with Crippen molar-refractivity contribution in [2.45, 2.75) is 45.1 Å². The Morgan fingerprint density at radius 3 is 2.59 bits per heavy atom. The van der Waals surface area contributed by atoms with Crippen molar-refractivity contribution in [2.75, 3.05) is 26.2 Å². The van der Waals surface area contributed by atoms with Gasteiger partial charge in [0.05, 0.1) is 5.52 Å². The van der Waals surface area contributed by atoms with Crippen molar-refractivity contribution in [1.29, 1.82) is 0 Å². The van der Waals surface area contributed by atoms with Gasteiger partial charge in [0.1, 0.15) is 17.1 Å². The number of fused-ring (bicyclic) bond motifs is 1. The number of aromatic nitrogens is 1. The standard InChI is InChI=1S/C26H30FN3O2/c1-18-11-12-19(27)17-23(18)32-26-24(25(31)29-15-13-28-14-16-29)21-9-5-6-10-22(21)30(26)20-7-3-2-4-8-20/h5-6,9-12,17,20,28H,2-4,7-8,13-16H2,1H3. The fraction of sp³-hybridized carbons (Fsp3) is 0.423. The number of ether oxygens (including phenoxy) is 1. The molecule has 2 fully saturated rings. The Balaban J connectivity index is 1.70. The van der Waals surface area contributed by atoms with Crippen LogP contribution in [-0.4, -0.2) is 41.6 Å². The molecular weight excluding hydrogens is 405 g/mol. The molecule has 0 atom stereocenters. The number of amides is 1. The molecule has 1 aliphatic heterocycles. The highest BCUT2D eigenvalue weighted by Crippen LogP contribution is 2.42. The van der Waals surface area contributed by atoms with Crippen molar-refractivity contribution >= 4 is 16.8 Å². The van der Waals surface area contributed by atoms with E-state index >= 15 is 0 Å². The third-order valence-corrected chi connectivity index (χ3v) is 6.78. The average molecular weight is 436 g/mol. The van der Waals surface area contributed by atoms with Gasteiger partial charge in [-0.25, -0.2) is 4.39 Å². The lowest BCUT2D eigenvalue weighted by Crippen LogP contribution is -2.46. The Kier molecular flexibility index (Phi) is 5.87. The molecule has 5 nitrogen and oxygen atoms in total. The summed E-state index contributed by atoms with van der Waals surface area (Å²) in [7, 11) is 0. The molecule has 168 valence electrons. The summed E-state index contributed by atoms with van der Waals surface area (Å²) >= 11 is 0. The molecule has 3 aromatic rings. The summed E-state index contributed by atoms with van der Waals surface area (Å²) in [6.45, 7) is 4.80. The summed E-state index contributed by atoms with van der Waals surface area (Å²) in [6.07, 6.45) is 5.67.